The zero-order valence-corrected chi connectivity index (χ0v) is 24.5. The number of aliphatic hydroxyl groups is 1. The SMILES string of the molecule is COC(=O)c1ccc(CS(=O)(=O)c2ccc(CCN(CC(O)c3cccc(Cl)c3)C(=O)OC(C)(C)C)cc2)cc1. The molecule has 0 aromatic heterocycles. The largest absolute Gasteiger partial charge is 0.465 e. The molecule has 0 saturated heterocycles. The second kappa shape index (κ2) is 13.3. The third-order valence-electron chi connectivity index (χ3n) is 5.96. The standard InChI is InChI=1S/C30H34ClNO7S/c1-30(2,3)39-29(35)32(19-27(33)24-6-5-7-25(31)18-24)17-16-21-10-14-26(15-11-21)40(36,37)20-22-8-12-23(13-9-22)28(34)38-4/h5-15,18,27,33H,16-17,19-20H2,1-4H3. The van der Waals surface area contributed by atoms with Crippen LogP contribution in [-0.4, -0.2) is 56.3 Å². The number of methoxy groups -OCH3 is 1. The first kappa shape index (κ1) is 31.1. The molecule has 214 valence electrons. The minimum Gasteiger partial charge on any atom is -0.465 e. The number of halogens is 1. The third kappa shape index (κ3) is 9.08. The van der Waals surface area contributed by atoms with Crippen molar-refractivity contribution in [2.75, 3.05) is 20.2 Å². The molecule has 0 fully saturated rings. The summed E-state index contributed by atoms with van der Waals surface area (Å²) in [6.45, 7) is 5.54. The van der Waals surface area contributed by atoms with Gasteiger partial charge >= 0.3 is 12.1 Å². The number of nitrogens with zero attached hydrogens (tertiary/aromatic N) is 1. The van der Waals surface area contributed by atoms with E-state index in [-0.39, 0.29) is 23.7 Å². The van der Waals surface area contributed by atoms with Crippen LogP contribution in [0.2, 0.25) is 5.02 Å². The van der Waals surface area contributed by atoms with E-state index in [9.17, 15) is 23.1 Å². The molecule has 0 saturated carbocycles. The molecule has 0 heterocycles. The first-order chi connectivity index (χ1) is 18.8. The highest BCUT2D eigenvalue weighted by atomic mass is 35.5. The maximum absolute atomic E-state index is 13.0. The highest BCUT2D eigenvalue weighted by molar-refractivity contribution is 7.90. The Hall–Kier alpha value is -3.40. The second-order valence-electron chi connectivity index (χ2n) is 10.3. The van der Waals surface area contributed by atoms with Gasteiger partial charge in [0.25, 0.3) is 0 Å². The summed E-state index contributed by atoms with van der Waals surface area (Å²) in [6.07, 6.45) is -1.12. The molecule has 0 radical (unpaired) electrons. The van der Waals surface area contributed by atoms with Crippen LogP contribution in [0.3, 0.4) is 0 Å². The molecule has 3 aromatic carbocycles. The van der Waals surface area contributed by atoms with E-state index in [4.69, 9.17) is 16.3 Å². The Labute approximate surface area is 240 Å². The van der Waals surface area contributed by atoms with Crippen LogP contribution in [0.1, 0.15) is 53.9 Å². The number of carbonyl (C=O) groups is 2. The Morgan fingerprint density at radius 1 is 0.975 bits per heavy atom. The third-order valence-corrected chi connectivity index (χ3v) is 7.90. The Morgan fingerprint density at radius 3 is 2.17 bits per heavy atom. The van der Waals surface area contributed by atoms with Crippen LogP contribution in [0.5, 0.6) is 0 Å². The van der Waals surface area contributed by atoms with Crippen LogP contribution in [0, 0.1) is 0 Å². The lowest BCUT2D eigenvalue weighted by Gasteiger charge is -2.29. The smallest absolute Gasteiger partial charge is 0.410 e. The molecule has 8 nitrogen and oxygen atoms in total. The van der Waals surface area contributed by atoms with Gasteiger partial charge in [-0.05, 0) is 80.3 Å². The normalized spacial score (nSPS) is 12.4. The highest BCUT2D eigenvalue weighted by Crippen LogP contribution is 2.22. The Bertz CT molecular complexity index is 1420. The van der Waals surface area contributed by atoms with Crippen LogP contribution in [-0.2, 0) is 31.5 Å². The quantitative estimate of drug-likeness (QED) is 0.307. The average Bonchev–Trinajstić information content (AvgIpc) is 2.90. The number of hydrogen-bond acceptors (Lipinski definition) is 7. The van der Waals surface area contributed by atoms with Crippen molar-refractivity contribution in [3.63, 3.8) is 0 Å². The number of ether oxygens (including phenoxy) is 2. The van der Waals surface area contributed by atoms with Gasteiger partial charge in [-0.15, -0.1) is 0 Å². The molecule has 0 spiro atoms. The summed E-state index contributed by atoms with van der Waals surface area (Å²) in [6, 6.07) is 19.5. The zero-order chi connectivity index (χ0) is 29.5. The van der Waals surface area contributed by atoms with Crippen molar-refractivity contribution in [1.29, 1.82) is 0 Å². The maximum Gasteiger partial charge on any atom is 0.410 e. The van der Waals surface area contributed by atoms with Gasteiger partial charge in [0.1, 0.15) is 5.60 Å². The molecule has 1 atom stereocenters. The minimum absolute atomic E-state index is 0.00349. The van der Waals surface area contributed by atoms with Gasteiger partial charge in [0.2, 0.25) is 0 Å². The van der Waals surface area contributed by atoms with Crippen molar-refractivity contribution >= 4 is 33.5 Å². The van der Waals surface area contributed by atoms with Gasteiger partial charge in [-0.25, -0.2) is 18.0 Å². The minimum atomic E-state index is -3.63. The predicted octanol–water partition coefficient (Wildman–Crippen LogP) is 5.61. The summed E-state index contributed by atoms with van der Waals surface area (Å²) in [5.74, 6) is -0.712. The fraction of sp³-hybridized carbons (Fsp3) is 0.333. The van der Waals surface area contributed by atoms with Crippen LogP contribution < -0.4 is 0 Å². The molecule has 1 unspecified atom stereocenters. The predicted molar refractivity (Wildman–Crippen MR) is 153 cm³/mol. The number of aliphatic hydroxyl groups excluding tert-OH is 1. The molecule has 0 aliphatic heterocycles. The van der Waals surface area contributed by atoms with E-state index in [0.29, 0.717) is 28.1 Å². The summed E-state index contributed by atoms with van der Waals surface area (Å²) in [5.41, 5.74) is 1.56. The number of amides is 1. The first-order valence-corrected chi connectivity index (χ1v) is 14.7. The monoisotopic (exact) mass is 587 g/mol. The van der Waals surface area contributed by atoms with Crippen molar-refractivity contribution in [2.45, 2.75) is 49.5 Å². The first-order valence-electron chi connectivity index (χ1n) is 12.7. The molecule has 3 rings (SSSR count). The van der Waals surface area contributed by atoms with E-state index in [0.717, 1.165) is 5.56 Å². The summed E-state index contributed by atoms with van der Waals surface area (Å²) in [7, 11) is -2.35. The van der Waals surface area contributed by atoms with Gasteiger partial charge in [0, 0.05) is 11.6 Å². The molecular formula is C30H34ClNO7S. The Morgan fingerprint density at radius 2 is 1.60 bits per heavy atom. The van der Waals surface area contributed by atoms with Crippen LogP contribution >= 0.6 is 11.6 Å². The molecule has 1 N–H and O–H groups in total. The van der Waals surface area contributed by atoms with Crippen molar-refractivity contribution in [2.24, 2.45) is 0 Å². The molecule has 40 heavy (non-hydrogen) atoms. The van der Waals surface area contributed by atoms with Crippen molar-refractivity contribution in [3.05, 3.63) is 100 Å². The lowest BCUT2D eigenvalue weighted by molar-refractivity contribution is 0.0147. The number of hydrogen-bond donors (Lipinski definition) is 1. The Kier molecular flexibility index (Phi) is 10.4. The molecule has 0 aliphatic rings. The summed E-state index contributed by atoms with van der Waals surface area (Å²) < 4.78 is 36.1. The summed E-state index contributed by atoms with van der Waals surface area (Å²) in [4.78, 5) is 26.1. The summed E-state index contributed by atoms with van der Waals surface area (Å²) in [5, 5.41) is 11.2. The van der Waals surface area contributed by atoms with E-state index in [1.807, 2.05) is 0 Å². The van der Waals surface area contributed by atoms with E-state index in [2.05, 4.69) is 4.74 Å². The van der Waals surface area contributed by atoms with E-state index in [1.165, 1.54) is 36.3 Å². The number of esters is 1. The molecular weight excluding hydrogens is 554 g/mol. The van der Waals surface area contributed by atoms with E-state index >= 15 is 0 Å². The molecule has 1 amide bonds. The molecule has 0 aliphatic carbocycles. The second-order valence-corrected chi connectivity index (χ2v) is 12.8. The van der Waals surface area contributed by atoms with Gasteiger partial charge in [0.15, 0.2) is 9.84 Å². The fourth-order valence-electron chi connectivity index (χ4n) is 3.90. The van der Waals surface area contributed by atoms with Crippen LogP contribution in [0.15, 0.2) is 77.7 Å². The Balaban J connectivity index is 1.68. The van der Waals surface area contributed by atoms with Gasteiger partial charge < -0.3 is 19.5 Å². The topological polar surface area (TPSA) is 110 Å². The van der Waals surface area contributed by atoms with Crippen LogP contribution in [0.25, 0.3) is 0 Å². The number of benzene rings is 3. The molecule has 10 heteroatoms. The fourth-order valence-corrected chi connectivity index (χ4v) is 5.44. The number of rotatable bonds is 10. The van der Waals surface area contributed by atoms with Crippen molar-refractivity contribution < 1.29 is 32.6 Å². The summed E-state index contributed by atoms with van der Waals surface area (Å²) >= 11 is 6.05. The lowest BCUT2D eigenvalue weighted by atomic mass is 10.1. The average molecular weight is 588 g/mol. The zero-order valence-electron chi connectivity index (χ0n) is 23.0. The molecule has 0 bridgehead atoms. The van der Waals surface area contributed by atoms with Crippen LogP contribution in [0.4, 0.5) is 4.79 Å². The van der Waals surface area contributed by atoms with E-state index < -0.39 is 33.6 Å². The number of sulfone groups is 1. The highest BCUT2D eigenvalue weighted by Gasteiger charge is 2.25. The van der Waals surface area contributed by atoms with Gasteiger partial charge in [-0.3, -0.25) is 0 Å². The lowest BCUT2D eigenvalue weighted by Crippen LogP contribution is -2.40. The maximum atomic E-state index is 13.0. The van der Waals surface area contributed by atoms with Crippen molar-refractivity contribution in [3.8, 4) is 0 Å². The van der Waals surface area contributed by atoms with E-state index in [1.54, 1.807) is 69.3 Å². The van der Waals surface area contributed by atoms with Gasteiger partial charge in [-0.1, -0.05) is 48.0 Å². The molecule has 3 aromatic rings. The van der Waals surface area contributed by atoms with Crippen molar-refractivity contribution in [1.82, 2.24) is 4.90 Å². The number of carbonyl (C=O) groups excluding carboxylic acids is 2. The van der Waals surface area contributed by atoms with Gasteiger partial charge in [-0.2, -0.15) is 0 Å². The van der Waals surface area contributed by atoms with Gasteiger partial charge in [0.05, 0.1) is 36.0 Å².